The molecule has 0 radical (unpaired) electrons. The highest BCUT2D eigenvalue weighted by Gasteiger charge is 2.17. The number of pyridine rings is 2. The van der Waals surface area contributed by atoms with E-state index in [1.807, 2.05) is 6.07 Å². The fraction of sp³-hybridized carbons (Fsp3) is 0.217. The van der Waals surface area contributed by atoms with E-state index in [0.717, 1.165) is 5.56 Å². The summed E-state index contributed by atoms with van der Waals surface area (Å²) in [6.45, 7) is 0. The minimum absolute atomic E-state index is 0.0407. The number of Topliss-reactive ketones (excluding diaryl/α,β-unsaturated/α-hetero) is 2. The summed E-state index contributed by atoms with van der Waals surface area (Å²) in [7, 11) is 4.57. The summed E-state index contributed by atoms with van der Waals surface area (Å²) in [4.78, 5) is 33.7. The van der Waals surface area contributed by atoms with Gasteiger partial charge in [0.1, 0.15) is 17.1 Å². The molecule has 0 N–H and O–H groups in total. The number of hydrogen-bond acceptors (Lipinski definition) is 7. The second-order valence-corrected chi connectivity index (χ2v) is 6.41. The predicted molar refractivity (Wildman–Crippen MR) is 111 cm³/mol. The van der Waals surface area contributed by atoms with E-state index in [4.69, 9.17) is 14.2 Å². The van der Waals surface area contributed by atoms with E-state index < -0.39 is 0 Å². The van der Waals surface area contributed by atoms with E-state index in [9.17, 15) is 9.59 Å². The second kappa shape index (κ2) is 9.65. The number of carbonyl (C=O) groups excluding carboxylic acids is 2. The summed E-state index contributed by atoms with van der Waals surface area (Å²) in [5.41, 5.74) is 2.00. The summed E-state index contributed by atoms with van der Waals surface area (Å²) in [5.74, 6) is 1.16. The largest absolute Gasteiger partial charge is 0.494 e. The minimum atomic E-state index is -0.225. The highest BCUT2D eigenvalue weighted by molar-refractivity contribution is 6.02. The third kappa shape index (κ3) is 4.63. The second-order valence-electron chi connectivity index (χ2n) is 6.41. The van der Waals surface area contributed by atoms with Crippen LogP contribution in [0.1, 0.15) is 33.7 Å². The summed E-state index contributed by atoms with van der Waals surface area (Å²) in [6.07, 6.45) is 3.41. The smallest absolute Gasteiger partial charge is 0.181 e. The Labute approximate surface area is 174 Å². The molecule has 0 spiro atoms. The monoisotopic (exact) mass is 406 g/mol. The first kappa shape index (κ1) is 21.0. The fourth-order valence-corrected chi connectivity index (χ4v) is 2.99. The van der Waals surface area contributed by atoms with Crippen molar-refractivity contribution in [1.82, 2.24) is 9.97 Å². The normalized spacial score (nSPS) is 10.4. The van der Waals surface area contributed by atoms with Crippen LogP contribution in [-0.4, -0.2) is 42.9 Å². The van der Waals surface area contributed by atoms with Crippen LogP contribution in [0.25, 0.3) is 11.3 Å². The first-order valence-corrected chi connectivity index (χ1v) is 9.31. The summed E-state index contributed by atoms with van der Waals surface area (Å²) in [6, 6.07) is 11.8. The molecule has 0 saturated heterocycles. The zero-order chi connectivity index (χ0) is 21.5. The molecule has 0 saturated carbocycles. The molecular weight excluding hydrogens is 384 g/mol. The lowest BCUT2D eigenvalue weighted by Crippen LogP contribution is -2.08. The van der Waals surface area contributed by atoms with Gasteiger partial charge >= 0.3 is 0 Å². The van der Waals surface area contributed by atoms with Gasteiger partial charge in [-0.2, -0.15) is 0 Å². The first-order chi connectivity index (χ1) is 14.6. The molecule has 0 aliphatic heterocycles. The molecule has 0 aliphatic rings. The van der Waals surface area contributed by atoms with Gasteiger partial charge in [0, 0.05) is 36.4 Å². The lowest BCUT2D eigenvalue weighted by Gasteiger charge is -2.10. The molecule has 7 nitrogen and oxygen atoms in total. The zero-order valence-electron chi connectivity index (χ0n) is 17.0. The highest BCUT2D eigenvalue weighted by Crippen LogP contribution is 2.29. The maximum Gasteiger partial charge on any atom is 0.181 e. The van der Waals surface area contributed by atoms with Gasteiger partial charge in [0.25, 0.3) is 0 Å². The maximum atomic E-state index is 12.7. The van der Waals surface area contributed by atoms with Crippen LogP contribution in [0.4, 0.5) is 0 Å². The average Bonchev–Trinajstić information content (AvgIpc) is 2.81. The van der Waals surface area contributed by atoms with Crippen molar-refractivity contribution in [3.05, 3.63) is 66.1 Å². The Morgan fingerprint density at radius 3 is 2.20 bits per heavy atom. The van der Waals surface area contributed by atoms with Crippen LogP contribution in [0, 0.1) is 0 Å². The van der Waals surface area contributed by atoms with E-state index in [2.05, 4.69) is 9.97 Å². The molecule has 1 aromatic carbocycles. The molecule has 154 valence electrons. The number of hydrogen-bond donors (Lipinski definition) is 0. The van der Waals surface area contributed by atoms with Crippen LogP contribution in [0.5, 0.6) is 17.2 Å². The van der Waals surface area contributed by atoms with Crippen molar-refractivity contribution in [3.63, 3.8) is 0 Å². The molecular formula is C23H22N2O5. The lowest BCUT2D eigenvalue weighted by molar-refractivity contribution is 0.0915. The Bertz CT molecular complexity index is 1050. The molecule has 3 rings (SSSR count). The van der Waals surface area contributed by atoms with Crippen molar-refractivity contribution in [3.8, 4) is 28.5 Å². The Balaban J connectivity index is 1.74. The van der Waals surface area contributed by atoms with Crippen molar-refractivity contribution in [2.45, 2.75) is 12.8 Å². The van der Waals surface area contributed by atoms with Gasteiger partial charge in [-0.15, -0.1) is 0 Å². The number of benzene rings is 1. The topological polar surface area (TPSA) is 87.6 Å². The molecule has 2 aromatic heterocycles. The van der Waals surface area contributed by atoms with Gasteiger partial charge in [0.15, 0.2) is 23.1 Å². The lowest BCUT2D eigenvalue weighted by atomic mass is 10.0. The van der Waals surface area contributed by atoms with E-state index in [0.29, 0.717) is 28.5 Å². The number of ketones is 2. The number of rotatable bonds is 9. The van der Waals surface area contributed by atoms with Crippen molar-refractivity contribution in [2.24, 2.45) is 0 Å². The Hall–Kier alpha value is -3.74. The van der Waals surface area contributed by atoms with Gasteiger partial charge in [-0.05, 0) is 42.5 Å². The standard InChI is InChI=1S/C23H22N2O5/c1-28-20-10-6-15(13-22(20)30-3)18(26)8-9-19(27)17-7-11-21(29-2)23(25-17)16-5-4-12-24-14-16/h4-7,10-14H,8-9H2,1-3H3. The van der Waals surface area contributed by atoms with Crippen molar-refractivity contribution >= 4 is 11.6 Å². The van der Waals surface area contributed by atoms with Gasteiger partial charge in [-0.1, -0.05) is 0 Å². The molecule has 0 atom stereocenters. The van der Waals surface area contributed by atoms with Gasteiger partial charge in [-0.25, -0.2) is 4.98 Å². The Morgan fingerprint density at radius 1 is 0.833 bits per heavy atom. The molecule has 3 aromatic rings. The van der Waals surface area contributed by atoms with E-state index >= 15 is 0 Å². The molecule has 7 heteroatoms. The van der Waals surface area contributed by atoms with Crippen LogP contribution in [-0.2, 0) is 0 Å². The highest BCUT2D eigenvalue weighted by atomic mass is 16.5. The number of nitrogens with zero attached hydrogens (tertiary/aromatic N) is 2. The van der Waals surface area contributed by atoms with E-state index in [1.165, 1.54) is 14.2 Å². The molecule has 0 fully saturated rings. The van der Waals surface area contributed by atoms with Crippen LogP contribution in [0.15, 0.2) is 54.9 Å². The number of ether oxygens (including phenoxy) is 3. The van der Waals surface area contributed by atoms with E-state index in [-0.39, 0.29) is 30.1 Å². The fourth-order valence-electron chi connectivity index (χ4n) is 2.99. The van der Waals surface area contributed by atoms with Crippen LogP contribution >= 0.6 is 0 Å². The molecule has 0 unspecified atom stereocenters. The summed E-state index contributed by atoms with van der Waals surface area (Å²) < 4.78 is 15.8. The van der Waals surface area contributed by atoms with Crippen LogP contribution in [0.2, 0.25) is 0 Å². The van der Waals surface area contributed by atoms with Gasteiger partial charge in [0.05, 0.1) is 21.3 Å². The zero-order valence-corrected chi connectivity index (χ0v) is 17.0. The molecule has 0 bridgehead atoms. The van der Waals surface area contributed by atoms with Crippen molar-refractivity contribution in [2.75, 3.05) is 21.3 Å². The molecule has 0 aliphatic carbocycles. The quantitative estimate of drug-likeness (QED) is 0.496. The van der Waals surface area contributed by atoms with Gasteiger partial charge in [-0.3, -0.25) is 14.6 Å². The SMILES string of the molecule is COc1ccc(C(=O)CCC(=O)c2ccc(OC)c(-c3cccnc3)n2)cc1OC. The molecule has 30 heavy (non-hydrogen) atoms. The predicted octanol–water partition coefficient (Wildman–Crippen LogP) is 4.02. The van der Waals surface area contributed by atoms with Crippen LogP contribution in [0.3, 0.4) is 0 Å². The number of aromatic nitrogens is 2. The molecule has 2 heterocycles. The minimum Gasteiger partial charge on any atom is -0.494 e. The molecule has 0 amide bonds. The number of carbonyl (C=O) groups is 2. The van der Waals surface area contributed by atoms with Crippen LogP contribution < -0.4 is 14.2 Å². The Morgan fingerprint density at radius 2 is 1.53 bits per heavy atom. The van der Waals surface area contributed by atoms with Gasteiger partial charge in [0.2, 0.25) is 0 Å². The first-order valence-electron chi connectivity index (χ1n) is 9.31. The van der Waals surface area contributed by atoms with Crippen molar-refractivity contribution in [1.29, 1.82) is 0 Å². The summed E-state index contributed by atoms with van der Waals surface area (Å²) >= 11 is 0. The average molecular weight is 406 g/mol. The Kier molecular flexibility index (Phi) is 6.75. The third-order valence-corrected chi connectivity index (χ3v) is 4.58. The van der Waals surface area contributed by atoms with Gasteiger partial charge < -0.3 is 14.2 Å². The number of methoxy groups -OCH3 is 3. The maximum absolute atomic E-state index is 12.7. The van der Waals surface area contributed by atoms with Crippen molar-refractivity contribution < 1.29 is 23.8 Å². The van der Waals surface area contributed by atoms with E-state index in [1.54, 1.807) is 55.9 Å². The summed E-state index contributed by atoms with van der Waals surface area (Å²) in [5, 5.41) is 0. The third-order valence-electron chi connectivity index (χ3n) is 4.58.